The molecule has 1 aromatic heterocycles. The van der Waals surface area contributed by atoms with Crippen molar-refractivity contribution in [2.45, 2.75) is 12.9 Å². The van der Waals surface area contributed by atoms with Gasteiger partial charge in [0.25, 0.3) is 0 Å². The van der Waals surface area contributed by atoms with Crippen LogP contribution >= 0.6 is 0 Å². The fourth-order valence-corrected chi connectivity index (χ4v) is 4.62. The normalized spacial score (nSPS) is 15.1. The lowest BCUT2D eigenvalue weighted by molar-refractivity contribution is -0.276. The molecule has 0 N–H and O–H groups in total. The van der Waals surface area contributed by atoms with Gasteiger partial charge in [-0.25, -0.2) is 17.9 Å². The third-order valence-corrected chi connectivity index (χ3v) is 6.63. The molecule has 2 heterocycles. The van der Waals surface area contributed by atoms with E-state index in [2.05, 4.69) is 26.7 Å². The van der Waals surface area contributed by atoms with E-state index in [9.17, 15) is 26.3 Å². The van der Waals surface area contributed by atoms with Crippen molar-refractivity contribution in [2.24, 2.45) is 0 Å². The molecule has 4 aromatic rings. The van der Waals surface area contributed by atoms with Crippen LogP contribution < -0.4 is 4.74 Å². The predicted molar refractivity (Wildman–Crippen MR) is 134 cm³/mol. The van der Waals surface area contributed by atoms with Crippen LogP contribution in [0.4, 0.5) is 26.3 Å². The highest BCUT2D eigenvalue weighted by atomic mass is 19.4. The van der Waals surface area contributed by atoms with Crippen LogP contribution in [0.5, 0.6) is 5.75 Å². The molecule has 11 heteroatoms. The number of rotatable bonds is 6. The maximum atomic E-state index is 14.9. The number of hydrogen-bond donors (Lipinski definition) is 0. The lowest BCUT2D eigenvalue weighted by atomic mass is 10.0. The molecule has 0 amide bonds. The fraction of sp³-hybridized carbons (Fsp3) is 0.250. The number of alkyl halides is 3. The number of likely N-dealkylation sites (N-methyl/N-ethyl adjacent to an activating group) is 1. The van der Waals surface area contributed by atoms with Crippen LogP contribution in [-0.4, -0.2) is 59.2 Å². The molecule has 0 bridgehead atoms. The van der Waals surface area contributed by atoms with Crippen molar-refractivity contribution < 1.29 is 31.1 Å². The van der Waals surface area contributed by atoms with Crippen LogP contribution in [0, 0.1) is 17.5 Å². The van der Waals surface area contributed by atoms with E-state index in [0.717, 1.165) is 43.9 Å². The monoisotopic (exact) mass is 546 g/mol. The highest BCUT2D eigenvalue weighted by molar-refractivity contribution is 5.69. The molecule has 0 aliphatic carbocycles. The van der Waals surface area contributed by atoms with Crippen molar-refractivity contribution >= 4 is 0 Å². The van der Waals surface area contributed by atoms with E-state index >= 15 is 0 Å². The van der Waals surface area contributed by atoms with Gasteiger partial charge in [0.2, 0.25) is 5.75 Å². The fourth-order valence-electron chi connectivity index (χ4n) is 4.62. The summed E-state index contributed by atoms with van der Waals surface area (Å²) >= 11 is 0. The summed E-state index contributed by atoms with van der Waals surface area (Å²) in [6.07, 6.45) is -3.52. The Morgan fingerprint density at radius 2 is 1.46 bits per heavy atom. The number of nitrogens with zero attached hydrogens (tertiary/aromatic N) is 4. The Kier molecular flexibility index (Phi) is 7.37. The number of piperazine rings is 1. The maximum absolute atomic E-state index is 14.9. The summed E-state index contributed by atoms with van der Waals surface area (Å²) in [5.74, 6) is -4.87. The second kappa shape index (κ2) is 10.7. The minimum Gasteiger partial charge on any atom is -0.399 e. The van der Waals surface area contributed by atoms with Gasteiger partial charge in [0.05, 0.1) is 17.6 Å². The summed E-state index contributed by atoms with van der Waals surface area (Å²) in [5, 5.41) is 4.53. The minimum absolute atomic E-state index is 0.0247. The molecule has 0 unspecified atom stereocenters. The lowest BCUT2D eigenvalue weighted by Crippen LogP contribution is -2.43. The second-order valence-electron chi connectivity index (χ2n) is 9.35. The van der Waals surface area contributed by atoms with Gasteiger partial charge in [0, 0.05) is 43.9 Å². The van der Waals surface area contributed by atoms with Crippen molar-refractivity contribution in [1.82, 2.24) is 19.6 Å². The first-order valence-electron chi connectivity index (χ1n) is 12.2. The van der Waals surface area contributed by atoms with Gasteiger partial charge in [-0.3, -0.25) is 4.90 Å². The molecular weight excluding hydrogens is 522 g/mol. The summed E-state index contributed by atoms with van der Waals surface area (Å²) in [4.78, 5) is 4.53. The van der Waals surface area contributed by atoms with Crippen molar-refractivity contribution in [1.29, 1.82) is 0 Å². The van der Waals surface area contributed by atoms with Crippen LogP contribution in [0.25, 0.3) is 28.1 Å². The number of ether oxygens (including phenoxy) is 1. The summed E-state index contributed by atoms with van der Waals surface area (Å²) < 4.78 is 85.9. The Hall–Kier alpha value is -3.83. The first-order chi connectivity index (χ1) is 18.6. The van der Waals surface area contributed by atoms with Crippen LogP contribution in [0.15, 0.2) is 66.9 Å². The van der Waals surface area contributed by atoms with Crippen molar-refractivity contribution in [3.8, 4) is 33.8 Å². The molecule has 5 rings (SSSR count). The van der Waals surface area contributed by atoms with Gasteiger partial charge in [-0.15, -0.1) is 13.2 Å². The third kappa shape index (κ3) is 5.94. The summed E-state index contributed by atoms with van der Waals surface area (Å²) in [6, 6.07) is 14.3. The molecule has 0 radical (unpaired) electrons. The summed E-state index contributed by atoms with van der Waals surface area (Å²) in [5.41, 5.74) is 2.76. The summed E-state index contributed by atoms with van der Waals surface area (Å²) in [7, 11) is 2.07. The number of halogens is 6. The van der Waals surface area contributed by atoms with Gasteiger partial charge >= 0.3 is 6.36 Å². The van der Waals surface area contributed by atoms with Crippen LogP contribution in [0.3, 0.4) is 0 Å². The highest BCUT2D eigenvalue weighted by Gasteiger charge is 2.34. The molecular formula is C28H24F6N4O. The van der Waals surface area contributed by atoms with E-state index in [4.69, 9.17) is 0 Å². The largest absolute Gasteiger partial charge is 0.573 e. The maximum Gasteiger partial charge on any atom is 0.573 e. The lowest BCUT2D eigenvalue weighted by Gasteiger charge is -2.32. The average Bonchev–Trinajstić information content (AvgIpc) is 3.30. The van der Waals surface area contributed by atoms with Gasteiger partial charge in [-0.1, -0.05) is 24.3 Å². The quantitative estimate of drug-likeness (QED) is 0.267. The average molecular weight is 547 g/mol. The van der Waals surface area contributed by atoms with Crippen LogP contribution in [-0.2, 0) is 6.54 Å². The first kappa shape index (κ1) is 26.8. The van der Waals surface area contributed by atoms with E-state index in [1.165, 1.54) is 6.07 Å². The molecule has 39 heavy (non-hydrogen) atoms. The van der Waals surface area contributed by atoms with E-state index in [1.807, 2.05) is 0 Å². The van der Waals surface area contributed by atoms with E-state index in [-0.39, 0.29) is 5.56 Å². The molecule has 3 aromatic carbocycles. The zero-order chi connectivity index (χ0) is 27.7. The van der Waals surface area contributed by atoms with Crippen molar-refractivity contribution in [3.63, 3.8) is 0 Å². The van der Waals surface area contributed by atoms with Crippen molar-refractivity contribution in [2.75, 3.05) is 33.2 Å². The topological polar surface area (TPSA) is 33.5 Å². The number of aromatic nitrogens is 2. The SMILES string of the molecule is CN1CCN(Cc2cnn(-c3ccc(-c4cc(F)c(OC(F)(F)F)c(F)c4)cc3)c2-c2ccccc2F)CC1. The van der Waals surface area contributed by atoms with Crippen molar-refractivity contribution in [3.05, 3.63) is 89.9 Å². The minimum atomic E-state index is -5.23. The van der Waals surface area contributed by atoms with Gasteiger partial charge in [0.15, 0.2) is 11.6 Å². The zero-order valence-corrected chi connectivity index (χ0v) is 20.9. The Morgan fingerprint density at radius 1 is 0.821 bits per heavy atom. The number of benzene rings is 3. The summed E-state index contributed by atoms with van der Waals surface area (Å²) in [6.45, 7) is 4.17. The standard InChI is InChI=1S/C28H24F6N4O/c1-36-10-12-37(13-11-36)17-20-16-35-38(26(20)22-4-2-3-5-23(22)29)21-8-6-18(7-9-21)19-14-24(30)27(25(31)15-19)39-28(32,33)34/h2-9,14-16H,10-13,17H2,1H3. The second-order valence-corrected chi connectivity index (χ2v) is 9.35. The van der Waals surface area contributed by atoms with Crippen LogP contribution in [0.2, 0.25) is 0 Å². The Balaban J connectivity index is 1.48. The Morgan fingerprint density at radius 3 is 2.08 bits per heavy atom. The Bertz CT molecular complexity index is 1440. The van der Waals surface area contributed by atoms with Gasteiger partial charge in [-0.05, 0) is 54.6 Å². The molecule has 1 fully saturated rings. The molecule has 1 aliphatic heterocycles. The smallest absolute Gasteiger partial charge is 0.399 e. The van der Waals surface area contributed by atoms with E-state index < -0.39 is 29.6 Å². The highest BCUT2D eigenvalue weighted by Crippen LogP contribution is 2.34. The molecule has 0 spiro atoms. The van der Waals surface area contributed by atoms with Gasteiger partial charge in [-0.2, -0.15) is 5.10 Å². The first-order valence-corrected chi connectivity index (χ1v) is 12.2. The molecule has 0 atom stereocenters. The van der Waals surface area contributed by atoms with E-state index in [1.54, 1.807) is 53.3 Å². The van der Waals surface area contributed by atoms with Crippen LogP contribution in [0.1, 0.15) is 5.56 Å². The molecule has 1 aliphatic rings. The molecule has 1 saturated heterocycles. The molecule has 204 valence electrons. The zero-order valence-electron chi connectivity index (χ0n) is 20.9. The number of hydrogen-bond acceptors (Lipinski definition) is 4. The predicted octanol–water partition coefficient (Wildman–Crippen LogP) is 6.27. The molecule has 0 saturated carbocycles. The molecule has 5 nitrogen and oxygen atoms in total. The van der Waals surface area contributed by atoms with Gasteiger partial charge in [0.1, 0.15) is 5.82 Å². The van der Waals surface area contributed by atoms with E-state index in [0.29, 0.717) is 29.1 Å². The third-order valence-electron chi connectivity index (χ3n) is 6.63. The van der Waals surface area contributed by atoms with Gasteiger partial charge < -0.3 is 9.64 Å². The Labute approximate surface area is 220 Å².